The van der Waals surface area contributed by atoms with Gasteiger partial charge in [0.15, 0.2) is 0 Å². The summed E-state index contributed by atoms with van der Waals surface area (Å²) in [6.45, 7) is 4.48. The second-order valence-electron chi connectivity index (χ2n) is 5.23. The van der Waals surface area contributed by atoms with Crippen molar-refractivity contribution in [2.24, 2.45) is 5.92 Å². The van der Waals surface area contributed by atoms with Gasteiger partial charge in [0.2, 0.25) is 10.0 Å². The molecule has 0 spiro atoms. The molecule has 0 saturated carbocycles. The second-order valence-corrected chi connectivity index (χ2v) is 8.84. The minimum atomic E-state index is -3.54. The van der Waals surface area contributed by atoms with Crippen molar-refractivity contribution >= 4 is 41.9 Å². The Morgan fingerprint density at radius 1 is 1.30 bits per heavy atom. The van der Waals surface area contributed by atoms with Crippen LogP contribution in [0.4, 0.5) is 0 Å². The summed E-state index contributed by atoms with van der Waals surface area (Å²) in [4.78, 5) is 0.263. The highest BCUT2D eigenvalue weighted by molar-refractivity contribution is 9.11. The molecule has 112 valence electrons. The Kier molecular flexibility index (Phi) is 4.96. The molecule has 2 unspecified atom stereocenters. The van der Waals surface area contributed by atoms with Crippen molar-refractivity contribution in [3.63, 3.8) is 0 Å². The number of piperidine rings is 1. The predicted octanol–water partition coefficient (Wildman–Crippen LogP) is 2.91. The number of hydrogen-bond acceptors (Lipinski definition) is 3. The molecule has 7 heteroatoms. The first kappa shape index (κ1) is 16.4. The lowest BCUT2D eigenvalue weighted by atomic mass is 9.99. The third-order valence-electron chi connectivity index (χ3n) is 3.65. The van der Waals surface area contributed by atoms with Crippen molar-refractivity contribution in [2.45, 2.75) is 31.3 Å². The van der Waals surface area contributed by atoms with Gasteiger partial charge >= 0.3 is 0 Å². The minimum absolute atomic E-state index is 0.0498. The van der Waals surface area contributed by atoms with Gasteiger partial charge in [-0.2, -0.15) is 4.31 Å². The van der Waals surface area contributed by atoms with E-state index in [4.69, 9.17) is 0 Å². The van der Waals surface area contributed by atoms with Crippen LogP contribution < -0.4 is 0 Å². The minimum Gasteiger partial charge on any atom is -0.393 e. The molecule has 1 aromatic carbocycles. The zero-order valence-electron chi connectivity index (χ0n) is 11.3. The maximum Gasteiger partial charge on any atom is 0.244 e. The molecular formula is C13H17Br2NO3S. The maximum absolute atomic E-state index is 12.7. The van der Waals surface area contributed by atoms with Crippen LogP contribution >= 0.6 is 31.9 Å². The molecule has 4 nitrogen and oxygen atoms in total. The molecule has 0 aliphatic carbocycles. The van der Waals surface area contributed by atoms with Crippen LogP contribution in [-0.4, -0.2) is 37.0 Å². The van der Waals surface area contributed by atoms with E-state index in [1.165, 1.54) is 4.31 Å². The van der Waals surface area contributed by atoms with Crippen molar-refractivity contribution in [1.82, 2.24) is 4.31 Å². The van der Waals surface area contributed by atoms with E-state index < -0.39 is 16.1 Å². The smallest absolute Gasteiger partial charge is 0.244 e. The van der Waals surface area contributed by atoms with Gasteiger partial charge in [-0.3, -0.25) is 0 Å². The molecule has 0 amide bonds. The Balaban J connectivity index is 2.38. The van der Waals surface area contributed by atoms with Crippen LogP contribution in [0.15, 0.2) is 26.0 Å². The average molecular weight is 427 g/mol. The molecule has 0 bridgehead atoms. The highest BCUT2D eigenvalue weighted by Gasteiger charge is 2.33. The Morgan fingerprint density at radius 3 is 2.55 bits per heavy atom. The zero-order chi connectivity index (χ0) is 15.1. The third kappa shape index (κ3) is 3.11. The number of aryl methyl sites for hydroxylation is 1. The zero-order valence-corrected chi connectivity index (χ0v) is 15.3. The van der Waals surface area contributed by atoms with Crippen LogP contribution in [0.3, 0.4) is 0 Å². The lowest BCUT2D eigenvalue weighted by Crippen LogP contribution is -2.44. The lowest BCUT2D eigenvalue weighted by Gasteiger charge is -2.33. The monoisotopic (exact) mass is 425 g/mol. The molecule has 1 aromatic rings. The number of halogens is 2. The molecule has 0 aromatic heterocycles. The van der Waals surface area contributed by atoms with Crippen LogP contribution in [0.1, 0.15) is 18.9 Å². The molecule has 1 heterocycles. The largest absolute Gasteiger partial charge is 0.393 e. The van der Waals surface area contributed by atoms with Gasteiger partial charge in [-0.25, -0.2) is 8.42 Å². The summed E-state index contributed by atoms with van der Waals surface area (Å²) < 4.78 is 28.2. The summed E-state index contributed by atoms with van der Waals surface area (Å²) in [5.74, 6) is -0.0498. The van der Waals surface area contributed by atoms with E-state index in [1.54, 1.807) is 12.1 Å². The maximum atomic E-state index is 12.7. The topological polar surface area (TPSA) is 57.6 Å². The van der Waals surface area contributed by atoms with Crippen LogP contribution in [0.5, 0.6) is 0 Å². The van der Waals surface area contributed by atoms with Crippen molar-refractivity contribution in [1.29, 1.82) is 0 Å². The molecule has 1 aliphatic heterocycles. The van der Waals surface area contributed by atoms with Crippen LogP contribution in [0.2, 0.25) is 0 Å². The Hall–Kier alpha value is 0.0500. The number of rotatable bonds is 2. The van der Waals surface area contributed by atoms with Crippen LogP contribution in [0.25, 0.3) is 0 Å². The number of sulfonamides is 1. The number of nitrogens with zero attached hydrogens (tertiary/aromatic N) is 1. The van der Waals surface area contributed by atoms with Crippen LogP contribution in [-0.2, 0) is 10.0 Å². The summed E-state index contributed by atoms with van der Waals surface area (Å²) in [6, 6.07) is 3.42. The van der Waals surface area contributed by atoms with Gasteiger partial charge in [-0.1, -0.05) is 22.9 Å². The van der Waals surface area contributed by atoms with Crippen molar-refractivity contribution in [3.05, 3.63) is 26.6 Å². The summed E-state index contributed by atoms with van der Waals surface area (Å²) in [5.41, 5.74) is 0.971. The Morgan fingerprint density at radius 2 is 1.95 bits per heavy atom. The van der Waals surface area contributed by atoms with Crippen molar-refractivity contribution in [2.75, 3.05) is 13.1 Å². The average Bonchev–Trinajstić information content (AvgIpc) is 2.36. The summed E-state index contributed by atoms with van der Waals surface area (Å²) >= 11 is 6.71. The van der Waals surface area contributed by atoms with E-state index in [0.29, 0.717) is 24.0 Å². The molecule has 2 rings (SSSR count). The molecule has 1 saturated heterocycles. The van der Waals surface area contributed by atoms with Crippen molar-refractivity contribution in [3.8, 4) is 0 Å². The first-order valence-corrected chi connectivity index (χ1v) is 9.40. The van der Waals surface area contributed by atoms with E-state index in [0.717, 1.165) is 10.0 Å². The quantitative estimate of drug-likeness (QED) is 0.790. The number of benzene rings is 1. The SMILES string of the molecule is Cc1cc(Br)c(S(=O)(=O)N2CCC(O)C(C)C2)cc1Br. The predicted molar refractivity (Wildman–Crippen MR) is 85.1 cm³/mol. The van der Waals surface area contributed by atoms with E-state index >= 15 is 0 Å². The highest BCUT2D eigenvalue weighted by Crippen LogP contribution is 2.32. The van der Waals surface area contributed by atoms with E-state index in [-0.39, 0.29) is 10.8 Å². The molecule has 20 heavy (non-hydrogen) atoms. The van der Waals surface area contributed by atoms with E-state index in [9.17, 15) is 13.5 Å². The van der Waals surface area contributed by atoms with Crippen LogP contribution in [0, 0.1) is 12.8 Å². The fourth-order valence-corrected chi connectivity index (χ4v) is 5.47. The van der Waals surface area contributed by atoms with Crippen molar-refractivity contribution < 1.29 is 13.5 Å². The molecule has 0 radical (unpaired) electrons. The van der Waals surface area contributed by atoms with E-state index in [1.807, 2.05) is 13.8 Å². The molecule has 1 aliphatic rings. The number of hydrogen-bond donors (Lipinski definition) is 1. The van der Waals surface area contributed by atoms with Gasteiger partial charge in [-0.15, -0.1) is 0 Å². The molecule has 1 N–H and O–H groups in total. The molecular weight excluding hydrogens is 410 g/mol. The fraction of sp³-hybridized carbons (Fsp3) is 0.538. The highest BCUT2D eigenvalue weighted by atomic mass is 79.9. The van der Waals surface area contributed by atoms with E-state index in [2.05, 4.69) is 31.9 Å². The number of aliphatic hydroxyl groups is 1. The molecule has 2 atom stereocenters. The number of aliphatic hydroxyl groups excluding tert-OH is 1. The third-order valence-corrected chi connectivity index (χ3v) is 7.33. The standard InChI is InChI=1S/C13H17Br2NO3S/c1-8-5-11(15)13(6-10(8)14)20(18,19)16-4-3-12(17)9(2)7-16/h5-6,9,12,17H,3-4,7H2,1-2H3. The van der Waals surface area contributed by atoms with Gasteiger partial charge in [-0.05, 0) is 52.9 Å². The summed E-state index contributed by atoms with van der Waals surface area (Å²) in [7, 11) is -3.54. The van der Waals surface area contributed by atoms with Gasteiger partial charge in [0.05, 0.1) is 11.0 Å². The first-order chi connectivity index (χ1) is 9.23. The summed E-state index contributed by atoms with van der Waals surface area (Å²) in [5, 5.41) is 9.73. The normalized spacial score (nSPS) is 24.9. The van der Waals surface area contributed by atoms with Gasteiger partial charge in [0, 0.05) is 22.0 Å². The molecule has 1 fully saturated rings. The van der Waals surface area contributed by atoms with Gasteiger partial charge in [0.1, 0.15) is 0 Å². The first-order valence-electron chi connectivity index (χ1n) is 6.37. The fourth-order valence-electron chi connectivity index (χ4n) is 2.28. The Labute approximate surface area is 136 Å². The second kappa shape index (κ2) is 6.04. The van der Waals surface area contributed by atoms with Gasteiger partial charge in [0.25, 0.3) is 0 Å². The lowest BCUT2D eigenvalue weighted by molar-refractivity contribution is 0.0628. The van der Waals surface area contributed by atoms with Gasteiger partial charge < -0.3 is 5.11 Å². The Bertz CT molecular complexity index is 618. The summed E-state index contributed by atoms with van der Waals surface area (Å²) in [6.07, 6.45) is 0.0556.